The van der Waals surface area contributed by atoms with Crippen molar-refractivity contribution < 1.29 is 19.1 Å². The number of fused-ring (bicyclic) bond motifs is 1. The van der Waals surface area contributed by atoms with Crippen LogP contribution in [0.4, 0.5) is 5.69 Å². The fourth-order valence-corrected chi connectivity index (χ4v) is 3.53. The van der Waals surface area contributed by atoms with Gasteiger partial charge in [0.2, 0.25) is 11.8 Å². The highest BCUT2D eigenvalue weighted by molar-refractivity contribution is 6.09. The van der Waals surface area contributed by atoms with E-state index in [4.69, 9.17) is 15.2 Å². The summed E-state index contributed by atoms with van der Waals surface area (Å²) in [4.78, 5) is 27.0. The smallest absolute Gasteiger partial charge is 0.239 e. The lowest BCUT2D eigenvalue weighted by atomic mass is 10.1. The zero-order valence-corrected chi connectivity index (χ0v) is 16.7. The third-order valence-electron chi connectivity index (χ3n) is 5.08. The number of carbonyl (C=O) groups is 2. The number of ether oxygens (including phenoxy) is 2. The van der Waals surface area contributed by atoms with Gasteiger partial charge in [0.05, 0.1) is 0 Å². The number of carbonyl (C=O) groups excluding carboxylic acids is 2. The van der Waals surface area contributed by atoms with Crippen LogP contribution in [0.5, 0.6) is 11.5 Å². The quantitative estimate of drug-likeness (QED) is 0.726. The molecule has 2 aliphatic heterocycles. The van der Waals surface area contributed by atoms with Crippen molar-refractivity contribution in [2.75, 3.05) is 31.2 Å². The van der Waals surface area contributed by atoms with Crippen LogP contribution in [0.3, 0.4) is 0 Å². The average molecular weight is 418 g/mol. The van der Waals surface area contributed by atoms with Gasteiger partial charge in [0.15, 0.2) is 11.5 Å². The first-order valence-electron chi connectivity index (χ1n) is 9.43. The van der Waals surface area contributed by atoms with Crippen LogP contribution in [0.2, 0.25) is 0 Å². The SMILES string of the molecule is Cl.NC(CNC(=O)C1CCN(c2ccc3c(c2)OCCO3)C1=O)c1ccccc1. The first kappa shape index (κ1) is 21.0. The number of nitrogens with one attached hydrogen (secondary N) is 1. The lowest BCUT2D eigenvalue weighted by Crippen LogP contribution is -2.39. The zero-order valence-electron chi connectivity index (χ0n) is 15.9. The van der Waals surface area contributed by atoms with Gasteiger partial charge in [0, 0.05) is 30.9 Å². The first-order valence-corrected chi connectivity index (χ1v) is 9.43. The molecule has 154 valence electrons. The largest absolute Gasteiger partial charge is 0.486 e. The number of anilines is 1. The van der Waals surface area contributed by atoms with Crippen molar-refractivity contribution in [3.63, 3.8) is 0 Å². The molecule has 0 spiro atoms. The van der Waals surface area contributed by atoms with Gasteiger partial charge in [-0.2, -0.15) is 0 Å². The van der Waals surface area contributed by atoms with Gasteiger partial charge in [0.25, 0.3) is 0 Å². The van der Waals surface area contributed by atoms with Gasteiger partial charge in [0.1, 0.15) is 19.1 Å². The Morgan fingerprint density at radius 2 is 1.86 bits per heavy atom. The van der Waals surface area contributed by atoms with E-state index in [2.05, 4.69) is 5.32 Å². The van der Waals surface area contributed by atoms with E-state index < -0.39 is 5.92 Å². The van der Waals surface area contributed by atoms with Crippen molar-refractivity contribution >= 4 is 29.9 Å². The van der Waals surface area contributed by atoms with Crippen LogP contribution in [0.25, 0.3) is 0 Å². The molecule has 4 rings (SSSR count). The van der Waals surface area contributed by atoms with E-state index in [9.17, 15) is 9.59 Å². The molecule has 0 bridgehead atoms. The van der Waals surface area contributed by atoms with E-state index in [0.717, 1.165) is 5.56 Å². The van der Waals surface area contributed by atoms with Gasteiger partial charge < -0.3 is 25.4 Å². The van der Waals surface area contributed by atoms with E-state index in [-0.39, 0.29) is 36.8 Å². The molecular formula is C21H24ClN3O4. The van der Waals surface area contributed by atoms with Gasteiger partial charge in [-0.05, 0) is 24.1 Å². The molecule has 3 N–H and O–H groups in total. The molecule has 1 saturated heterocycles. The minimum Gasteiger partial charge on any atom is -0.486 e. The Labute approximate surface area is 175 Å². The highest BCUT2D eigenvalue weighted by atomic mass is 35.5. The molecular weight excluding hydrogens is 394 g/mol. The predicted octanol–water partition coefficient (Wildman–Crippen LogP) is 2.05. The summed E-state index contributed by atoms with van der Waals surface area (Å²) in [5, 5.41) is 2.82. The van der Waals surface area contributed by atoms with E-state index in [0.29, 0.717) is 43.4 Å². The number of benzene rings is 2. The van der Waals surface area contributed by atoms with Gasteiger partial charge in [-0.15, -0.1) is 12.4 Å². The van der Waals surface area contributed by atoms with E-state index in [1.165, 1.54) is 0 Å². The normalized spacial score (nSPS) is 18.7. The lowest BCUT2D eigenvalue weighted by Gasteiger charge is -2.22. The Morgan fingerprint density at radius 3 is 2.62 bits per heavy atom. The Morgan fingerprint density at radius 1 is 1.14 bits per heavy atom. The summed E-state index contributed by atoms with van der Waals surface area (Å²) in [5.74, 6) is 0.110. The van der Waals surface area contributed by atoms with Crippen molar-refractivity contribution in [1.29, 1.82) is 0 Å². The van der Waals surface area contributed by atoms with Crippen molar-refractivity contribution in [2.24, 2.45) is 11.7 Å². The molecule has 2 unspecified atom stereocenters. The highest BCUT2D eigenvalue weighted by Crippen LogP contribution is 2.36. The fourth-order valence-electron chi connectivity index (χ4n) is 3.53. The van der Waals surface area contributed by atoms with Crippen LogP contribution in [-0.4, -0.2) is 38.1 Å². The van der Waals surface area contributed by atoms with E-state index >= 15 is 0 Å². The van der Waals surface area contributed by atoms with Gasteiger partial charge >= 0.3 is 0 Å². The molecule has 2 aliphatic rings. The number of nitrogens with zero attached hydrogens (tertiary/aromatic N) is 1. The maximum absolute atomic E-state index is 12.8. The minimum absolute atomic E-state index is 0. The summed E-state index contributed by atoms with van der Waals surface area (Å²) in [5.41, 5.74) is 7.78. The monoisotopic (exact) mass is 417 g/mol. The predicted molar refractivity (Wildman–Crippen MR) is 112 cm³/mol. The molecule has 2 atom stereocenters. The van der Waals surface area contributed by atoms with Crippen LogP contribution < -0.4 is 25.4 Å². The molecule has 0 saturated carbocycles. The summed E-state index contributed by atoms with van der Waals surface area (Å²) < 4.78 is 11.1. The van der Waals surface area contributed by atoms with Crippen molar-refractivity contribution in [3.8, 4) is 11.5 Å². The fraction of sp³-hybridized carbons (Fsp3) is 0.333. The van der Waals surface area contributed by atoms with Crippen molar-refractivity contribution in [3.05, 3.63) is 54.1 Å². The number of hydrogen-bond acceptors (Lipinski definition) is 5. The number of halogens is 1. The van der Waals surface area contributed by atoms with Crippen molar-refractivity contribution in [2.45, 2.75) is 12.5 Å². The van der Waals surface area contributed by atoms with Gasteiger partial charge in [-0.25, -0.2) is 0 Å². The van der Waals surface area contributed by atoms with Gasteiger partial charge in [-0.1, -0.05) is 30.3 Å². The maximum Gasteiger partial charge on any atom is 0.239 e. The first-order chi connectivity index (χ1) is 13.6. The number of rotatable bonds is 5. The molecule has 0 radical (unpaired) electrons. The molecule has 1 fully saturated rings. The molecule has 2 aromatic rings. The Kier molecular flexibility index (Phi) is 6.61. The topological polar surface area (TPSA) is 93.9 Å². The van der Waals surface area contributed by atoms with E-state index in [1.807, 2.05) is 36.4 Å². The summed E-state index contributed by atoms with van der Waals surface area (Å²) >= 11 is 0. The molecule has 7 nitrogen and oxygen atoms in total. The standard InChI is InChI=1S/C21H23N3O4.ClH/c22-17(14-4-2-1-3-5-14)13-23-20(25)16-8-9-24(21(16)26)15-6-7-18-19(12-15)28-11-10-27-18;/h1-7,12,16-17H,8-11,13,22H2,(H,23,25);1H. The third-order valence-corrected chi connectivity index (χ3v) is 5.08. The summed E-state index contributed by atoms with van der Waals surface area (Å²) in [6.45, 7) is 1.78. The second-order valence-electron chi connectivity index (χ2n) is 6.92. The Hall–Kier alpha value is -2.77. The summed E-state index contributed by atoms with van der Waals surface area (Å²) in [6.07, 6.45) is 0.472. The molecule has 2 heterocycles. The number of amides is 2. The van der Waals surface area contributed by atoms with Crippen LogP contribution in [0, 0.1) is 5.92 Å². The molecule has 0 aliphatic carbocycles. The maximum atomic E-state index is 12.8. The van der Waals surface area contributed by atoms with Crippen LogP contribution in [0.15, 0.2) is 48.5 Å². The Bertz CT molecular complexity index is 877. The molecule has 29 heavy (non-hydrogen) atoms. The number of nitrogens with two attached hydrogens (primary N) is 1. The molecule has 2 amide bonds. The molecule has 8 heteroatoms. The van der Waals surface area contributed by atoms with Gasteiger partial charge in [-0.3, -0.25) is 9.59 Å². The number of hydrogen-bond donors (Lipinski definition) is 2. The third kappa shape index (κ3) is 4.46. The second-order valence-corrected chi connectivity index (χ2v) is 6.92. The van der Waals surface area contributed by atoms with Crippen LogP contribution >= 0.6 is 12.4 Å². The average Bonchev–Trinajstić information content (AvgIpc) is 3.13. The summed E-state index contributed by atoms with van der Waals surface area (Å²) in [6, 6.07) is 14.7. The van der Waals surface area contributed by atoms with Crippen LogP contribution in [0.1, 0.15) is 18.0 Å². The van der Waals surface area contributed by atoms with Crippen molar-refractivity contribution in [1.82, 2.24) is 5.32 Å². The highest BCUT2D eigenvalue weighted by Gasteiger charge is 2.38. The molecule has 2 aromatic carbocycles. The zero-order chi connectivity index (χ0) is 19.5. The molecule has 0 aromatic heterocycles. The van der Waals surface area contributed by atoms with Crippen LogP contribution in [-0.2, 0) is 9.59 Å². The lowest BCUT2D eigenvalue weighted by molar-refractivity contribution is -0.132. The summed E-state index contributed by atoms with van der Waals surface area (Å²) in [7, 11) is 0. The second kappa shape index (κ2) is 9.15. The van der Waals surface area contributed by atoms with E-state index in [1.54, 1.807) is 17.0 Å². The Balaban J connectivity index is 0.00000240. The minimum atomic E-state index is -0.698.